The van der Waals surface area contributed by atoms with Crippen LogP contribution in [0.2, 0.25) is 0 Å². The maximum absolute atomic E-state index is 12.7. The van der Waals surface area contributed by atoms with Gasteiger partial charge in [-0.2, -0.15) is 8.78 Å². The Kier molecular flexibility index (Phi) is 5.63. The Morgan fingerprint density at radius 3 is 2.41 bits per heavy atom. The van der Waals surface area contributed by atoms with Gasteiger partial charge in [-0.3, -0.25) is 4.79 Å². The zero-order valence-corrected chi connectivity index (χ0v) is 14.8. The normalized spacial score (nSPS) is 14.4. The number of alkyl halides is 2. The van der Waals surface area contributed by atoms with Crippen molar-refractivity contribution >= 4 is 11.6 Å². The topological polar surface area (TPSA) is 62.2 Å². The van der Waals surface area contributed by atoms with Gasteiger partial charge in [0, 0.05) is 31.7 Å². The van der Waals surface area contributed by atoms with Gasteiger partial charge in [0.15, 0.2) is 11.5 Å². The van der Waals surface area contributed by atoms with E-state index in [-0.39, 0.29) is 23.2 Å². The molecule has 6 nitrogen and oxygen atoms in total. The summed E-state index contributed by atoms with van der Waals surface area (Å²) in [7, 11) is 1.33. The molecule has 0 atom stereocenters. The van der Waals surface area contributed by atoms with Gasteiger partial charge in [0.2, 0.25) is 0 Å². The standard InChI is InChI=1S/C19H20F2N2O4/c1-26-17-12-13(6-7-16(17)27-19(20)21)18(25)23-10-8-22(9-11-23)14-4-2-3-5-15(14)24/h2-7,12,19,24H,8-11H2,1H3. The highest BCUT2D eigenvalue weighted by atomic mass is 19.3. The molecule has 0 spiro atoms. The molecule has 2 aromatic rings. The first-order valence-corrected chi connectivity index (χ1v) is 8.44. The quantitative estimate of drug-likeness (QED) is 0.867. The number of ether oxygens (including phenoxy) is 2. The number of rotatable bonds is 5. The Morgan fingerprint density at radius 2 is 1.78 bits per heavy atom. The Labute approximate surface area is 155 Å². The van der Waals surface area contributed by atoms with Crippen molar-refractivity contribution in [3.63, 3.8) is 0 Å². The van der Waals surface area contributed by atoms with E-state index in [1.54, 1.807) is 17.0 Å². The molecule has 27 heavy (non-hydrogen) atoms. The maximum atomic E-state index is 12.7. The monoisotopic (exact) mass is 378 g/mol. The second-order valence-electron chi connectivity index (χ2n) is 6.01. The Balaban J connectivity index is 1.68. The first-order valence-electron chi connectivity index (χ1n) is 8.44. The number of halogens is 2. The summed E-state index contributed by atoms with van der Waals surface area (Å²) in [5.41, 5.74) is 1.07. The number of benzene rings is 2. The fraction of sp³-hybridized carbons (Fsp3) is 0.316. The third-order valence-corrected chi connectivity index (χ3v) is 4.42. The van der Waals surface area contributed by atoms with E-state index in [1.165, 1.54) is 25.3 Å². The maximum Gasteiger partial charge on any atom is 0.387 e. The molecule has 144 valence electrons. The molecule has 1 heterocycles. The molecule has 1 amide bonds. The van der Waals surface area contributed by atoms with Crippen LogP contribution in [0.4, 0.5) is 14.5 Å². The number of hydrogen-bond acceptors (Lipinski definition) is 5. The number of anilines is 1. The third-order valence-electron chi connectivity index (χ3n) is 4.42. The smallest absolute Gasteiger partial charge is 0.387 e. The molecule has 2 aromatic carbocycles. The van der Waals surface area contributed by atoms with Crippen molar-refractivity contribution in [3.8, 4) is 17.2 Å². The number of para-hydroxylation sites is 2. The number of aromatic hydroxyl groups is 1. The first kappa shape index (κ1) is 18.8. The van der Waals surface area contributed by atoms with E-state index in [1.807, 2.05) is 17.0 Å². The minimum absolute atomic E-state index is 0.0778. The third kappa shape index (κ3) is 4.21. The van der Waals surface area contributed by atoms with E-state index in [0.29, 0.717) is 31.7 Å². The molecule has 1 fully saturated rings. The fourth-order valence-corrected chi connectivity index (χ4v) is 3.06. The summed E-state index contributed by atoms with van der Waals surface area (Å²) in [4.78, 5) is 16.4. The van der Waals surface area contributed by atoms with Crippen LogP contribution in [0.5, 0.6) is 17.2 Å². The summed E-state index contributed by atoms with van der Waals surface area (Å²) in [6, 6.07) is 11.2. The molecule has 1 N–H and O–H groups in total. The lowest BCUT2D eigenvalue weighted by Gasteiger charge is -2.36. The number of methoxy groups -OCH3 is 1. The lowest BCUT2D eigenvalue weighted by atomic mass is 10.1. The van der Waals surface area contributed by atoms with Crippen LogP contribution in [0.1, 0.15) is 10.4 Å². The zero-order chi connectivity index (χ0) is 19.4. The van der Waals surface area contributed by atoms with Crippen LogP contribution in [-0.2, 0) is 0 Å². The van der Waals surface area contributed by atoms with E-state index in [0.717, 1.165) is 5.69 Å². The van der Waals surface area contributed by atoms with Gasteiger partial charge < -0.3 is 24.4 Å². The molecule has 8 heteroatoms. The summed E-state index contributed by atoms with van der Waals surface area (Å²) in [6.07, 6.45) is 0. The van der Waals surface area contributed by atoms with E-state index >= 15 is 0 Å². The summed E-state index contributed by atoms with van der Waals surface area (Å²) in [5, 5.41) is 9.96. The van der Waals surface area contributed by atoms with Crippen molar-refractivity contribution in [1.29, 1.82) is 0 Å². The predicted octanol–water partition coefficient (Wildman–Crippen LogP) is 2.96. The molecule has 0 radical (unpaired) electrons. The number of nitrogens with zero attached hydrogens (tertiary/aromatic N) is 2. The summed E-state index contributed by atoms with van der Waals surface area (Å²) < 4.78 is 34.3. The van der Waals surface area contributed by atoms with Crippen molar-refractivity contribution in [3.05, 3.63) is 48.0 Å². The highest BCUT2D eigenvalue weighted by Crippen LogP contribution is 2.31. The first-order chi connectivity index (χ1) is 13.0. The number of hydrogen-bond donors (Lipinski definition) is 1. The van der Waals surface area contributed by atoms with Crippen LogP contribution in [0.3, 0.4) is 0 Å². The molecule has 0 aromatic heterocycles. The number of carbonyl (C=O) groups excluding carboxylic acids is 1. The van der Waals surface area contributed by atoms with Crippen molar-refractivity contribution in [2.45, 2.75) is 6.61 Å². The SMILES string of the molecule is COc1cc(C(=O)N2CCN(c3ccccc3O)CC2)ccc1OC(F)F. The molecule has 1 aliphatic rings. The molecule has 0 unspecified atom stereocenters. The largest absolute Gasteiger partial charge is 0.506 e. The second kappa shape index (κ2) is 8.11. The minimum Gasteiger partial charge on any atom is -0.506 e. The van der Waals surface area contributed by atoms with E-state index < -0.39 is 6.61 Å². The van der Waals surface area contributed by atoms with Crippen LogP contribution in [0.25, 0.3) is 0 Å². The van der Waals surface area contributed by atoms with Crippen molar-refractivity contribution in [1.82, 2.24) is 4.90 Å². The van der Waals surface area contributed by atoms with E-state index in [9.17, 15) is 18.7 Å². The van der Waals surface area contributed by atoms with Crippen LogP contribution in [0, 0.1) is 0 Å². The van der Waals surface area contributed by atoms with E-state index in [2.05, 4.69) is 4.74 Å². The van der Waals surface area contributed by atoms with Crippen molar-refractivity contribution in [2.24, 2.45) is 0 Å². The van der Waals surface area contributed by atoms with Crippen LogP contribution < -0.4 is 14.4 Å². The molecular weight excluding hydrogens is 358 g/mol. The molecule has 0 aliphatic carbocycles. The number of piperazine rings is 1. The second-order valence-corrected chi connectivity index (χ2v) is 6.01. The lowest BCUT2D eigenvalue weighted by Crippen LogP contribution is -2.48. The number of amides is 1. The lowest BCUT2D eigenvalue weighted by molar-refractivity contribution is -0.0512. The average molecular weight is 378 g/mol. The molecule has 0 bridgehead atoms. The van der Waals surface area contributed by atoms with Gasteiger partial charge >= 0.3 is 6.61 Å². The van der Waals surface area contributed by atoms with Gasteiger partial charge in [0.05, 0.1) is 12.8 Å². The predicted molar refractivity (Wildman–Crippen MR) is 95.8 cm³/mol. The number of phenolic OH excluding ortho intramolecular Hbond substituents is 1. The van der Waals surface area contributed by atoms with Crippen LogP contribution in [-0.4, -0.2) is 55.8 Å². The molecule has 1 saturated heterocycles. The van der Waals surface area contributed by atoms with Crippen molar-refractivity contribution < 1.29 is 28.2 Å². The summed E-state index contributed by atoms with van der Waals surface area (Å²) >= 11 is 0. The van der Waals surface area contributed by atoms with Gasteiger partial charge in [-0.1, -0.05) is 12.1 Å². The number of phenols is 1. The van der Waals surface area contributed by atoms with Gasteiger partial charge in [0.1, 0.15) is 5.75 Å². The summed E-state index contributed by atoms with van der Waals surface area (Å²) in [5.74, 6) is -0.0483. The Hall–Kier alpha value is -3.03. The molecule has 3 rings (SSSR count). The van der Waals surface area contributed by atoms with Crippen LogP contribution >= 0.6 is 0 Å². The molecule has 0 saturated carbocycles. The average Bonchev–Trinajstić information content (AvgIpc) is 2.68. The minimum atomic E-state index is -2.97. The van der Waals surface area contributed by atoms with Gasteiger partial charge in [-0.25, -0.2) is 0 Å². The summed E-state index contributed by atoms with van der Waals surface area (Å²) in [6.45, 7) is -0.863. The van der Waals surface area contributed by atoms with Gasteiger partial charge in [-0.15, -0.1) is 0 Å². The Morgan fingerprint density at radius 1 is 1.07 bits per heavy atom. The van der Waals surface area contributed by atoms with Crippen LogP contribution in [0.15, 0.2) is 42.5 Å². The van der Waals surface area contributed by atoms with E-state index in [4.69, 9.17) is 4.74 Å². The number of carbonyl (C=O) groups is 1. The van der Waals surface area contributed by atoms with Crippen molar-refractivity contribution in [2.75, 3.05) is 38.2 Å². The Bertz CT molecular complexity index is 808. The zero-order valence-electron chi connectivity index (χ0n) is 14.8. The molecular formula is C19H20F2N2O4. The fourth-order valence-electron chi connectivity index (χ4n) is 3.06. The highest BCUT2D eigenvalue weighted by molar-refractivity contribution is 5.95. The molecule has 1 aliphatic heterocycles. The highest BCUT2D eigenvalue weighted by Gasteiger charge is 2.24. The van der Waals surface area contributed by atoms with Gasteiger partial charge in [-0.05, 0) is 30.3 Å². The van der Waals surface area contributed by atoms with Gasteiger partial charge in [0.25, 0.3) is 5.91 Å².